The molecule has 0 spiro atoms. The summed E-state index contributed by atoms with van der Waals surface area (Å²) in [6.07, 6.45) is 4.32. The second-order valence-corrected chi connectivity index (χ2v) is 8.26. The van der Waals surface area contributed by atoms with Gasteiger partial charge in [-0.1, -0.05) is 23.4 Å². The van der Waals surface area contributed by atoms with Gasteiger partial charge in [0.05, 0.1) is 11.6 Å². The number of carbonyl (C=O) groups excluding carboxylic acids is 2. The van der Waals surface area contributed by atoms with E-state index < -0.39 is 12.1 Å². The topological polar surface area (TPSA) is 81.1 Å². The van der Waals surface area contributed by atoms with Gasteiger partial charge < -0.3 is 9.57 Å². The van der Waals surface area contributed by atoms with Crippen LogP contribution in [0.1, 0.15) is 37.7 Å². The number of rotatable bonds is 6. The van der Waals surface area contributed by atoms with Crippen LogP contribution in [0, 0.1) is 0 Å². The number of Topliss-reactive ketones (excluding diaryl/α,β-unsaturated/α-hetero) is 1. The molecule has 0 saturated carbocycles. The maximum Gasteiger partial charge on any atom is 0.410 e. The number of likely N-dealkylation sites (tertiary alicyclic amines) is 1. The third kappa shape index (κ3) is 4.75. The summed E-state index contributed by atoms with van der Waals surface area (Å²) in [6, 6.07) is 9.34. The lowest BCUT2D eigenvalue weighted by atomic mass is 10.0. The molecule has 2 aliphatic rings. The molecule has 2 atom stereocenters. The molecule has 1 aromatic heterocycles. The highest BCUT2D eigenvalue weighted by Gasteiger charge is 2.35. The summed E-state index contributed by atoms with van der Waals surface area (Å²) in [5, 5.41) is 4.84. The molecule has 7 nitrogen and oxygen atoms in total. The van der Waals surface area contributed by atoms with Crippen molar-refractivity contribution in [2.24, 2.45) is 5.16 Å². The van der Waals surface area contributed by atoms with Crippen LogP contribution in [0.5, 0.6) is 0 Å². The number of ketones is 1. The van der Waals surface area contributed by atoms with Crippen LogP contribution in [0.4, 0.5) is 4.79 Å². The first-order valence-electron chi connectivity index (χ1n) is 9.78. The van der Waals surface area contributed by atoms with Crippen LogP contribution in [0.15, 0.2) is 41.7 Å². The van der Waals surface area contributed by atoms with Gasteiger partial charge in [-0.25, -0.2) is 4.79 Å². The molecule has 2 aromatic rings. The predicted octanol–water partition coefficient (Wildman–Crippen LogP) is 4.18. The zero-order valence-corrected chi connectivity index (χ0v) is 17.5. The van der Waals surface area contributed by atoms with E-state index in [1.807, 2.05) is 30.3 Å². The second kappa shape index (κ2) is 8.90. The number of benzene rings is 1. The van der Waals surface area contributed by atoms with E-state index >= 15 is 0 Å². The Hall–Kier alpha value is -2.48. The molecule has 1 fully saturated rings. The summed E-state index contributed by atoms with van der Waals surface area (Å²) in [6.45, 7) is 0.676. The van der Waals surface area contributed by atoms with Crippen LogP contribution in [0.2, 0.25) is 0 Å². The number of nitrogens with zero attached hydrogens (tertiary/aromatic N) is 3. The Balaban J connectivity index is 1.30. The highest BCUT2D eigenvalue weighted by molar-refractivity contribution is 9.18. The first-order chi connectivity index (χ1) is 14.1. The van der Waals surface area contributed by atoms with Gasteiger partial charge in [0, 0.05) is 36.5 Å². The lowest BCUT2D eigenvalue weighted by molar-refractivity contribution is -0.123. The number of amides is 1. The minimum Gasteiger partial charge on any atom is -0.444 e. The van der Waals surface area contributed by atoms with Gasteiger partial charge >= 0.3 is 6.09 Å². The molecule has 1 saturated heterocycles. The number of hydrogen-bond acceptors (Lipinski definition) is 6. The van der Waals surface area contributed by atoms with Crippen molar-refractivity contribution in [3.05, 3.63) is 42.1 Å². The van der Waals surface area contributed by atoms with E-state index in [-0.39, 0.29) is 18.5 Å². The zero-order chi connectivity index (χ0) is 20.2. The van der Waals surface area contributed by atoms with Crippen molar-refractivity contribution in [1.29, 1.82) is 0 Å². The summed E-state index contributed by atoms with van der Waals surface area (Å²) >= 11 is 3.30. The lowest BCUT2D eigenvalue weighted by Gasteiger charge is -2.23. The minimum atomic E-state index is -0.447. The van der Waals surface area contributed by atoms with E-state index in [0.29, 0.717) is 32.2 Å². The summed E-state index contributed by atoms with van der Waals surface area (Å²) in [5.74, 6) is 0.0541. The molecule has 0 bridgehead atoms. The molecule has 1 amide bonds. The Morgan fingerprint density at radius 3 is 3.00 bits per heavy atom. The summed E-state index contributed by atoms with van der Waals surface area (Å²) < 4.78 is 6.25. The molecule has 8 heteroatoms. The number of hydrogen-bond donors (Lipinski definition) is 0. The van der Waals surface area contributed by atoms with Crippen molar-refractivity contribution < 1.29 is 19.2 Å². The van der Waals surface area contributed by atoms with Crippen molar-refractivity contribution >= 4 is 43.3 Å². The summed E-state index contributed by atoms with van der Waals surface area (Å²) in [5.41, 5.74) is 1.72. The van der Waals surface area contributed by atoms with Crippen LogP contribution >= 0.6 is 15.9 Å². The molecule has 152 valence electrons. The van der Waals surface area contributed by atoms with Crippen molar-refractivity contribution in [3.8, 4) is 0 Å². The van der Waals surface area contributed by atoms with E-state index in [9.17, 15) is 9.59 Å². The fourth-order valence-corrected chi connectivity index (χ4v) is 4.21. The standard InChI is InChI=1S/C21H22BrN3O4/c22-20-11-16(29-24-20)7-8-19(26)18-6-3-9-25(18)21(27)28-13-14-10-15-4-1-2-5-17(15)23-12-14/h1-2,4-5,10,12,16,18H,3,6-9,11,13H2/t16?,18-/m0/s1. The molecular formula is C21H22BrN3O4. The van der Waals surface area contributed by atoms with E-state index in [1.165, 1.54) is 0 Å². The van der Waals surface area contributed by atoms with Gasteiger partial charge in [-0.3, -0.25) is 14.7 Å². The minimum absolute atomic E-state index is 0.0541. The third-order valence-corrected chi connectivity index (χ3v) is 5.75. The predicted molar refractivity (Wildman–Crippen MR) is 112 cm³/mol. The fraction of sp³-hybridized carbons (Fsp3) is 0.429. The largest absolute Gasteiger partial charge is 0.444 e. The molecule has 0 radical (unpaired) electrons. The molecule has 4 rings (SSSR count). The lowest BCUT2D eigenvalue weighted by Crippen LogP contribution is -2.41. The first kappa shape index (κ1) is 19.8. The molecule has 1 unspecified atom stereocenters. The van der Waals surface area contributed by atoms with E-state index in [4.69, 9.17) is 9.57 Å². The Morgan fingerprint density at radius 2 is 2.17 bits per heavy atom. The zero-order valence-electron chi connectivity index (χ0n) is 15.9. The average Bonchev–Trinajstić information content (AvgIpc) is 3.39. The quantitative estimate of drug-likeness (QED) is 0.646. The number of oxime groups is 1. The van der Waals surface area contributed by atoms with E-state index in [0.717, 1.165) is 27.5 Å². The molecule has 3 heterocycles. The number of pyridine rings is 1. The smallest absolute Gasteiger partial charge is 0.410 e. The highest BCUT2D eigenvalue weighted by Crippen LogP contribution is 2.24. The van der Waals surface area contributed by atoms with Crippen LogP contribution in [-0.2, 0) is 21.0 Å². The van der Waals surface area contributed by atoms with E-state index in [1.54, 1.807) is 11.1 Å². The van der Waals surface area contributed by atoms with Crippen molar-refractivity contribution in [1.82, 2.24) is 9.88 Å². The van der Waals surface area contributed by atoms with Gasteiger partial charge in [0.15, 0.2) is 5.78 Å². The molecule has 29 heavy (non-hydrogen) atoms. The number of ether oxygens (including phenoxy) is 1. The van der Waals surface area contributed by atoms with Crippen molar-refractivity contribution in [3.63, 3.8) is 0 Å². The normalized spacial score (nSPS) is 21.1. The number of carbonyl (C=O) groups is 2. The maximum absolute atomic E-state index is 12.7. The Bertz CT molecular complexity index is 948. The van der Waals surface area contributed by atoms with Gasteiger partial charge in [-0.15, -0.1) is 0 Å². The fourth-order valence-electron chi connectivity index (χ4n) is 3.76. The Kier molecular flexibility index (Phi) is 6.08. The van der Waals surface area contributed by atoms with Crippen LogP contribution in [-0.4, -0.2) is 45.1 Å². The average molecular weight is 460 g/mol. The number of para-hydroxylation sites is 1. The van der Waals surface area contributed by atoms with Gasteiger partial charge in [0.1, 0.15) is 17.3 Å². The number of halogens is 1. The summed E-state index contributed by atoms with van der Waals surface area (Å²) in [4.78, 5) is 36.4. The molecule has 2 aliphatic heterocycles. The first-order valence-corrected chi connectivity index (χ1v) is 10.6. The van der Waals surface area contributed by atoms with Crippen molar-refractivity contribution in [2.45, 2.75) is 50.9 Å². The van der Waals surface area contributed by atoms with Gasteiger partial charge in [0.25, 0.3) is 0 Å². The van der Waals surface area contributed by atoms with Gasteiger partial charge in [-0.05, 0) is 47.3 Å². The molecule has 0 aliphatic carbocycles. The molecule has 1 aromatic carbocycles. The Morgan fingerprint density at radius 1 is 1.31 bits per heavy atom. The number of fused-ring (bicyclic) bond motifs is 1. The van der Waals surface area contributed by atoms with Crippen molar-refractivity contribution in [2.75, 3.05) is 6.54 Å². The second-order valence-electron chi connectivity index (χ2n) is 7.35. The van der Waals surface area contributed by atoms with Crippen LogP contribution in [0.3, 0.4) is 0 Å². The monoisotopic (exact) mass is 459 g/mol. The molecular weight excluding hydrogens is 438 g/mol. The third-order valence-electron chi connectivity index (χ3n) is 5.28. The highest BCUT2D eigenvalue weighted by atomic mass is 79.9. The SMILES string of the molecule is O=C(CCC1CC(Br)=NO1)[C@@H]1CCCN1C(=O)OCc1cnc2ccccc2c1. The van der Waals surface area contributed by atoms with Gasteiger partial charge in [-0.2, -0.15) is 0 Å². The summed E-state index contributed by atoms with van der Waals surface area (Å²) in [7, 11) is 0. The number of aromatic nitrogens is 1. The molecule has 0 N–H and O–H groups in total. The van der Waals surface area contributed by atoms with Crippen LogP contribution < -0.4 is 0 Å². The Labute approximate surface area is 177 Å². The maximum atomic E-state index is 12.7. The van der Waals surface area contributed by atoms with E-state index in [2.05, 4.69) is 26.1 Å². The van der Waals surface area contributed by atoms with Gasteiger partial charge in [0.2, 0.25) is 0 Å². The van der Waals surface area contributed by atoms with Crippen LogP contribution in [0.25, 0.3) is 10.9 Å².